The van der Waals surface area contributed by atoms with Gasteiger partial charge in [-0.1, -0.05) is 24.3 Å². The largest absolute Gasteiger partial charge is 2.00 e. The zero-order chi connectivity index (χ0) is 16.5. The Bertz CT molecular complexity index is 718. The Kier molecular flexibility index (Phi) is 9.32. The number of fused-ring (bicyclic) bond motifs is 3. The molecule has 6 nitrogen and oxygen atoms in total. The van der Waals surface area contributed by atoms with Crippen molar-refractivity contribution in [3.05, 3.63) is 48.8 Å². The first kappa shape index (κ1) is 20.6. The molecule has 0 aliphatic carbocycles. The summed E-state index contributed by atoms with van der Waals surface area (Å²) in [6.07, 6.45) is 3.60. The molecule has 0 N–H and O–H groups in total. The SMILES string of the molecule is CC(=O)[O-].CC(=O)[O-].[Pd+2].c1cnc2c(c1)ccc1cccnc12. The van der Waals surface area contributed by atoms with Gasteiger partial charge in [0, 0.05) is 35.1 Å². The van der Waals surface area contributed by atoms with Crippen LogP contribution in [0.15, 0.2) is 48.8 Å². The molecular formula is C16H14N2O4Pd. The van der Waals surface area contributed by atoms with E-state index >= 15 is 0 Å². The van der Waals surface area contributed by atoms with Crippen LogP contribution in [0.1, 0.15) is 13.8 Å². The van der Waals surface area contributed by atoms with Gasteiger partial charge in [-0.05, 0) is 26.0 Å². The molecule has 0 bridgehead atoms. The fourth-order valence-corrected chi connectivity index (χ4v) is 1.68. The molecule has 3 rings (SSSR count). The van der Waals surface area contributed by atoms with Crippen LogP contribution in [-0.4, -0.2) is 21.9 Å². The summed E-state index contributed by atoms with van der Waals surface area (Å²) in [5.74, 6) is -2.17. The summed E-state index contributed by atoms with van der Waals surface area (Å²) in [6, 6.07) is 12.1. The first-order valence-electron chi connectivity index (χ1n) is 6.35. The molecule has 0 unspecified atom stereocenters. The number of aliphatic carboxylic acids is 2. The molecule has 3 aromatic rings. The van der Waals surface area contributed by atoms with Crippen molar-refractivity contribution in [1.29, 1.82) is 0 Å². The Morgan fingerprint density at radius 1 is 0.783 bits per heavy atom. The maximum atomic E-state index is 8.89. The summed E-state index contributed by atoms with van der Waals surface area (Å²) in [7, 11) is 0. The number of carboxylic acids is 2. The summed E-state index contributed by atoms with van der Waals surface area (Å²) in [5.41, 5.74) is 1.95. The van der Waals surface area contributed by atoms with Crippen molar-refractivity contribution in [2.45, 2.75) is 13.8 Å². The van der Waals surface area contributed by atoms with Crippen molar-refractivity contribution in [3.63, 3.8) is 0 Å². The molecule has 7 heteroatoms. The number of carbonyl (C=O) groups excluding carboxylic acids is 2. The van der Waals surface area contributed by atoms with E-state index in [-0.39, 0.29) is 20.4 Å². The molecule has 0 saturated carbocycles. The number of hydrogen-bond donors (Lipinski definition) is 0. The molecule has 2 heterocycles. The molecule has 0 atom stereocenters. The quantitative estimate of drug-likeness (QED) is 0.394. The van der Waals surface area contributed by atoms with Crippen LogP contribution in [0.25, 0.3) is 21.8 Å². The molecule has 2 aromatic heterocycles. The van der Waals surface area contributed by atoms with E-state index in [0.717, 1.165) is 35.7 Å². The number of carboxylic acid groups (broad SMARTS) is 2. The molecule has 0 fully saturated rings. The minimum atomic E-state index is -1.08. The summed E-state index contributed by atoms with van der Waals surface area (Å²) in [4.78, 5) is 26.5. The number of hydrogen-bond acceptors (Lipinski definition) is 6. The first-order chi connectivity index (χ1) is 10.4. The zero-order valence-corrected chi connectivity index (χ0v) is 14.0. The van der Waals surface area contributed by atoms with E-state index in [2.05, 4.69) is 34.2 Å². The summed E-state index contributed by atoms with van der Waals surface area (Å²) >= 11 is 0. The predicted octanol–water partition coefficient (Wildman–Crippen LogP) is 0.293. The minimum Gasteiger partial charge on any atom is -0.550 e. The maximum absolute atomic E-state index is 8.89. The van der Waals surface area contributed by atoms with Gasteiger partial charge in [-0.2, -0.15) is 0 Å². The smallest absolute Gasteiger partial charge is 0.550 e. The zero-order valence-electron chi connectivity index (χ0n) is 12.5. The fraction of sp³-hybridized carbons (Fsp3) is 0.125. The fourth-order valence-electron chi connectivity index (χ4n) is 1.68. The van der Waals surface area contributed by atoms with E-state index in [0.29, 0.717) is 0 Å². The van der Waals surface area contributed by atoms with Gasteiger partial charge < -0.3 is 19.8 Å². The minimum absolute atomic E-state index is 0. The summed E-state index contributed by atoms with van der Waals surface area (Å²) < 4.78 is 0. The van der Waals surface area contributed by atoms with Gasteiger partial charge in [-0.3, -0.25) is 9.97 Å². The molecule has 0 aliphatic rings. The Labute approximate surface area is 146 Å². The van der Waals surface area contributed by atoms with Crippen LogP contribution in [0.3, 0.4) is 0 Å². The third-order valence-corrected chi connectivity index (χ3v) is 2.34. The van der Waals surface area contributed by atoms with Crippen LogP contribution in [0.5, 0.6) is 0 Å². The van der Waals surface area contributed by atoms with Crippen molar-refractivity contribution in [2.75, 3.05) is 0 Å². The third-order valence-electron chi connectivity index (χ3n) is 2.34. The van der Waals surface area contributed by atoms with Crippen LogP contribution in [0.2, 0.25) is 0 Å². The van der Waals surface area contributed by atoms with Gasteiger partial charge >= 0.3 is 20.4 Å². The van der Waals surface area contributed by atoms with Gasteiger partial charge in [-0.15, -0.1) is 0 Å². The average molecular weight is 405 g/mol. The van der Waals surface area contributed by atoms with E-state index in [1.807, 2.05) is 12.1 Å². The second-order valence-corrected chi connectivity index (χ2v) is 4.20. The Balaban J connectivity index is 0.000000461. The number of benzene rings is 1. The van der Waals surface area contributed by atoms with Crippen LogP contribution in [0.4, 0.5) is 0 Å². The van der Waals surface area contributed by atoms with Gasteiger partial charge in [0.05, 0.1) is 11.0 Å². The monoisotopic (exact) mass is 404 g/mol. The molecule has 122 valence electrons. The molecule has 0 aliphatic heterocycles. The van der Waals surface area contributed by atoms with Gasteiger partial charge in [0.15, 0.2) is 0 Å². The second kappa shape index (κ2) is 10.4. The van der Waals surface area contributed by atoms with Crippen LogP contribution >= 0.6 is 0 Å². The standard InChI is InChI=1S/C12H8N2.2C2H4O2.Pd/c1-3-9-5-6-10-4-2-8-14-12(10)11(9)13-7-1;2*1-2(3)4;/h1-8H;2*1H3,(H,3,4);/q;;;+2/p-2. The number of carbonyl (C=O) groups is 2. The molecule has 0 amide bonds. The summed E-state index contributed by atoms with van der Waals surface area (Å²) in [5, 5.41) is 20.1. The number of nitrogens with zero attached hydrogens (tertiary/aromatic N) is 2. The number of pyridine rings is 2. The molecular weight excluding hydrogens is 391 g/mol. The molecule has 0 radical (unpaired) electrons. The summed E-state index contributed by atoms with van der Waals surface area (Å²) in [6.45, 7) is 1.94. The maximum Gasteiger partial charge on any atom is 2.00 e. The average Bonchev–Trinajstić information content (AvgIpc) is 2.46. The van der Waals surface area contributed by atoms with Crippen molar-refractivity contribution in [3.8, 4) is 0 Å². The molecule has 1 aromatic carbocycles. The van der Waals surface area contributed by atoms with E-state index in [1.165, 1.54) is 0 Å². The second-order valence-electron chi connectivity index (χ2n) is 4.20. The normalized spacial score (nSPS) is 8.78. The van der Waals surface area contributed by atoms with Crippen molar-refractivity contribution >= 4 is 33.7 Å². The van der Waals surface area contributed by atoms with Crippen LogP contribution < -0.4 is 10.2 Å². The van der Waals surface area contributed by atoms with E-state index < -0.39 is 11.9 Å². The van der Waals surface area contributed by atoms with Crippen molar-refractivity contribution < 1.29 is 40.2 Å². The molecule has 0 saturated heterocycles. The van der Waals surface area contributed by atoms with Crippen LogP contribution in [-0.2, 0) is 30.0 Å². The van der Waals surface area contributed by atoms with Gasteiger partial charge in [-0.25, -0.2) is 0 Å². The number of aromatic nitrogens is 2. The Morgan fingerprint density at radius 2 is 1.09 bits per heavy atom. The predicted molar refractivity (Wildman–Crippen MR) is 78.4 cm³/mol. The van der Waals surface area contributed by atoms with E-state index in [4.69, 9.17) is 19.8 Å². The Morgan fingerprint density at radius 3 is 1.39 bits per heavy atom. The third kappa shape index (κ3) is 7.45. The molecule has 0 spiro atoms. The van der Waals surface area contributed by atoms with E-state index in [1.54, 1.807) is 12.4 Å². The van der Waals surface area contributed by atoms with Gasteiger partial charge in [0.2, 0.25) is 0 Å². The van der Waals surface area contributed by atoms with E-state index in [9.17, 15) is 0 Å². The van der Waals surface area contributed by atoms with Crippen molar-refractivity contribution in [1.82, 2.24) is 9.97 Å². The molecule has 23 heavy (non-hydrogen) atoms. The van der Waals surface area contributed by atoms with Gasteiger partial charge in [0.1, 0.15) is 0 Å². The van der Waals surface area contributed by atoms with Gasteiger partial charge in [0.25, 0.3) is 0 Å². The Hall–Kier alpha value is -2.36. The number of rotatable bonds is 0. The van der Waals surface area contributed by atoms with Crippen molar-refractivity contribution in [2.24, 2.45) is 0 Å². The first-order valence-corrected chi connectivity index (χ1v) is 6.35. The van der Waals surface area contributed by atoms with Crippen LogP contribution in [0, 0.1) is 0 Å². The topological polar surface area (TPSA) is 106 Å².